The molecule has 4 nitrogen and oxygen atoms in total. The minimum atomic E-state index is 0.536. The molecule has 82 valence electrons. The zero-order chi connectivity index (χ0) is 10.7. The Hall–Kier alpha value is -1.32. The van der Waals surface area contributed by atoms with E-state index >= 15 is 0 Å². The summed E-state index contributed by atoms with van der Waals surface area (Å²) in [6.07, 6.45) is 5.44. The maximum absolute atomic E-state index is 5.64. The third kappa shape index (κ3) is 2.81. The molecular weight excluding hydrogens is 188 g/mol. The number of nitrogens with zero attached hydrogens (tertiary/aromatic N) is 2. The van der Waals surface area contributed by atoms with Crippen LogP contribution in [0.25, 0.3) is 0 Å². The molecule has 0 bridgehead atoms. The first-order valence-electron chi connectivity index (χ1n) is 5.59. The van der Waals surface area contributed by atoms with Crippen LogP contribution in [-0.4, -0.2) is 16.5 Å². The van der Waals surface area contributed by atoms with Crippen LogP contribution < -0.4 is 11.1 Å². The van der Waals surface area contributed by atoms with E-state index in [4.69, 9.17) is 5.73 Å². The van der Waals surface area contributed by atoms with Crippen molar-refractivity contribution in [1.29, 1.82) is 0 Å². The van der Waals surface area contributed by atoms with E-state index in [-0.39, 0.29) is 0 Å². The summed E-state index contributed by atoms with van der Waals surface area (Å²) in [4.78, 5) is 8.30. The quantitative estimate of drug-likeness (QED) is 0.790. The molecule has 1 aromatic heterocycles. The average molecular weight is 206 g/mol. The zero-order valence-corrected chi connectivity index (χ0v) is 9.16. The summed E-state index contributed by atoms with van der Waals surface area (Å²) in [7, 11) is 0. The second kappa shape index (κ2) is 4.47. The smallest absolute Gasteiger partial charge is 0.131 e. The van der Waals surface area contributed by atoms with Crippen LogP contribution >= 0.6 is 0 Å². The fourth-order valence-corrected chi connectivity index (χ4v) is 1.87. The summed E-state index contributed by atoms with van der Waals surface area (Å²) in [6.45, 7) is 2.84. The molecule has 1 heterocycles. The summed E-state index contributed by atoms with van der Waals surface area (Å²) in [5.74, 6) is 3.03. The molecule has 0 aromatic carbocycles. The van der Waals surface area contributed by atoms with Gasteiger partial charge in [-0.25, -0.2) is 9.97 Å². The van der Waals surface area contributed by atoms with Crippen LogP contribution in [0.5, 0.6) is 0 Å². The highest BCUT2D eigenvalue weighted by Gasteiger charge is 2.16. The van der Waals surface area contributed by atoms with Crippen LogP contribution in [0, 0.1) is 12.8 Å². The molecule has 1 aromatic rings. The zero-order valence-electron chi connectivity index (χ0n) is 9.16. The van der Waals surface area contributed by atoms with E-state index in [0.717, 1.165) is 24.1 Å². The first kappa shape index (κ1) is 10.2. The number of aryl methyl sites for hydroxylation is 1. The third-order valence-electron chi connectivity index (χ3n) is 2.94. The average Bonchev–Trinajstić information content (AvgIpc) is 2.07. The van der Waals surface area contributed by atoms with Gasteiger partial charge < -0.3 is 11.1 Å². The fourth-order valence-electron chi connectivity index (χ4n) is 1.87. The van der Waals surface area contributed by atoms with Gasteiger partial charge in [-0.2, -0.15) is 0 Å². The standard InChI is InChI=1S/C11H18N4/c1-8-14-10(12)7-11(15-8)13-6-5-9-3-2-4-9/h7,9H,2-6H2,1H3,(H3,12,13,14,15). The van der Waals surface area contributed by atoms with Gasteiger partial charge in [0, 0.05) is 12.6 Å². The van der Waals surface area contributed by atoms with Crippen molar-refractivity contribution in [1.82, 2.24) is 9.97 Å². The van der Waals surface area contributed by atoms with Gasteiger partial charge >= 0.3 is 0 Å². The number of aromatic nitrogens is 2. The van der Waals surface area contributed by atoms with Crippen LogP contribution in [0.15, 0.2) is 6.07 Å². The molecule has 1 aliphatic carbocycles. The third-order valence-corrected chi connectivity index (χ3v) is 2.94. The number of nitrogen functional groups attached to an aromatic ring is 1. The van der Waals surface area contributed by atoms with Gasteiger partial charge in [-0.15, -0.1) is 0 Å². The highest BCUT2D eigenvalue weighted by molar-refractivity contribution is 5.44. The Morgan fingerprint density at radius 1 is 1.47 bits per heavy atom. The lowest BCUT2D eigenvalue weighted by Gasteiger charge is -2.25. The second-order valence-corrected chi connectivity index (χ2v) is 4.24. The lowest BCUT2D eigenvalue weighted by atomic mass is 9.83. The van der Waals surface area contributed by atoms with E-state index in [0.29, 0.717) is 5.82 Å². The lowest BCUT2D eigenvalue weighted by Crippen LogP contribution is -2.16. The van der Waals surface area contributed by atoms with Gasteiger partial charge in [0.05, 0.1) is 0 Å². The van der Waals surface area contributed by atoms with E-state index in [1.54, 1.807) is 6.07 Å². The number of hydrogen-bond acceptors (Lipinski definition) is 4. The molecule has 0 spiro atoms. The first-order chi connectivity index (χ1) is 7.24. The van der Waals surface area contributed by atoms with Gasteiger partial charge in [0.1, 0.15) is 17.5 Å². The van der Waals surface area contributed by atoms with Crippen molar-refractivity contribution in [2.24, 2.45) is 5.92 Å². The van der Waals surface area contributed by atoms with Gasteiger partial charge in [0.25, 0.3) is 0 Å². The predicted molar refractivity (Wildman–Crippen MR) is 61.6 cm³/mol. The minimum Gasteiger partial charge on any atom is -0.384 e. The van der Waals surface area contributed by atoms with Crippen molar-refractivity contribution in [2.45, 2.75) is 32.6 Å². The Labute approximate surface area is 90.3 Å². The number of hydrogen-bond donors (Lipinski definition) is 2. The van der Waals surface area contributed by atoms with E-state index in [9.17, 15) is 0 Å². The minimum absolute atomic E-state index is 0.536. The summed E-state index contributed by atoms with van der Waals surface area (Å²) >= 11 is 0. The fraction of sp³-hybridized carbons (Fsp3) is 0.636. The van der Waals surface area contributed by atoms with Crippen molar-refractivity contribution >= 4 is 11.6 Å². The topological polar surface area (TPSA) is 63.8 Å². The molecule has 0 aliphatic heterocycles. The molecule has 0 amide bonds. The Bertz CT molecular complexity index is 313. The Morgan fingerprint density at radius 3 is 2.87 bits per heavy atom. The number of anilines is 2. The molecule has 1 saturated carbocycles. The molecule has 0 saturated heterocycles. The Morgan fingerprint density at radius 2 is 2.27 bits per heavy atom. The molecule has 1 aliphatic rings. The molecule has 2 rings (SSSR count). The van der Waals surface area contributed by atoms with Crippen LogP contribution in [0.1, 0.15) is 31.5 Å². The number of rotatable bonds is 4. The van der Waals surface area contributed by atoms with Gasteiger partial charge in [-0.1, -0.05) is 19.3 Å². The summed E-state index contributed by atoms with van der Waals surface area (Å²) in [5.41, 5.74) is 5.64. The second-order valence-electron chi connectivity index (χ2n) is 4.24. The summed E-state index contributed by atoms with van der Waals surface area (Å²) in [5, 5.41) is 3.29. The van der Waals surface area contributed by atoms with Gasteiger partial charge in [-0.3, -0.25) is 0 Å². The highest BCUT2D eigenvalue weighted by Crippen LogP contribution is 2.29. The monoisotopic (exact) mass is 206 g/mol. The molecule has 4 heteroatoms. The van der Waals surface area contributed by atoms with E-state index in [1.165, 1.54) is 25.7 Å². The molecule has 0 atom stereocenters. The number of nitrogens with one attached hydrogen (secondary N) is 1. The Balaban J connectivity index is 1.81. The molecule has 3 N–H and O–H groups in total. The van der Waals surface area contributed by atoms with Crippen molar-refractivity contribution in [3.05, 3.63) is 11.9 Å². The Kier molecular flexibility index (Phi) is 3.04. The highest BCUT2D eigenvalue weighted by atomic mass is 15.0. The lowest BCUT2D eigenvalue weighted by molar-refractivity contribution is 0.303. The molecule has 0 unspecified atom stereocenters. The predicted octanol–water partition coefficient (Wildman–Crippen LogP) is 1.97. The number of nitrogens with two attached hydrogens (primary N) is 1. The normalized spacial score (nSPS) is 16.1. The van der Waals surface area contributed by atoms with Crippen LogP contribution in [0.3, 0.4) is 0 Å². The van der Waals surface area contributed by atoms with E-state index < -0.39 is 0 Å². The molecule has 1 fully saturated rings. The van der Waals surface area contributed by atoms with Crippen molar-refractivity contribution < 1.29 is 0 Å². The van der Waals surface area contributed by atoms with Crippen LogP contribution in [-0.2, 0) is 0 Å². The SMILES string of the molecule is Cc1nc(N)cc(NCCC2CCC2)n1. The summed E-state index contributed by atoms with van der Waals surface area (Å²) in [6, 6.07) is 1.79. The molecule has 0 radical (unpaired) electrons. The van der Waals surface area contributed by atoms with Gasteiger partial charge in [-0.05, 0) is 19.3 Å². The molecular formula is C11H18N4. The van der Waals surface area contributed by atoms with Crippen molar-refractivity contribution in [3.8, 4) is 0 Å². The first-order valence-corrected chi connectivity index (χ1v) is 5.59. The van der Waals surface area contributed by atoms with Gasteiger partial charge in [0.15, 0.2) is 0 Å². The van der Waals surface area contributed by atoms with Crippen molar-refractivity contribution in [2.75, 3.05) is 17.6 Å². The van der Waals surface area contributed by atoms with E-state index in [1.807, 2.05) is 6.92 Å². The largest absolute Gasteiger partial charge is 0.384 e. The van der Waals surface area contributed by atoms with E-state index in [2.05, 4.69) is 15.3 Å². The molecule has 15 heavy (non-hydrogen) atoms. The van der Waals surface area contributed by atoms with Crippen LogP contribution in [0.4, 0.5) is 11.6 Å². The maximum Gasteiger partial charge on any atom is 0.131 e. The van der Waals surface area contributed by atoms with Crippen molar-refractivity contribution in [3.63, 3.8) is 0 Å². The van der Waals surface area contributed by atoms with Gasteiger partial charge in [0.2, 0.25) is 0 Å². The van der Waals surface area contributed by atoms with Crippen LogP contribution in [0.2, 0.25) is 0 Å². The maximum atomic E-state index is 5.64. The summed E-state index contributed by atoms with van der Waals surface area (Å²) < 4.78 is 0.